The minimum absolute atomic E-state index is 0.0110. The first kappa shape index (κ1) is 19.5. The lowest BCUT2D eigenvalue weighted by atomic mass is 10.2. The van der Waals surface area contributed by atoms with E-state index >= 15 is 0 Å². The first-order valence-corrected chi connectivity index (χ1v) is 10.5. The van der Waals surface area contributed by atoms with Gasteiger partial charge in [-0.3, -0.25) is 4.72 Å². The van der Waals surface area contributed by atoms with Gasteiger partial charge in [-0.05, 0) is 55.4 Å². The van der Waals surface area contributed by atoms with Gasteiger partial charge in [-0.1, -0.05) is 29.8 Å². The lowest BCUT2D eigenvalue weighted by molar-refractivity contribution is 0.587. The summed E-state index contributed by atoms with van der Waals surface area (Å²) in [6.45, 7) is 1.63. The van der Waals surface area contributed by atoms with Crippen LogP contribution in [0.2, 0.25) is 5.02 Å². The molecule has 0 atom stereocenters. The molecule has 0 bridgehead atoms. The molecule has 25 heavy (non-hydrogen) atoms. The predicted octanol–water partition coefficient (Wildman–Crippen LogP) is 2.97. The molecule has 2 aromatic carbocycles. The Morgan fingerprint density at radius 2 is 1.64 bits per heavy atom. The second-order valence-electron chi connectivity index (χ2n) is 5.19. The average Bonchev–Trinajstić information content (AvgIpc) is 2.56. The Morgan fingerprint density at radius 1 is 1.00 bits per heavy atom. The molecule has 0 unspecified atom stereocenters. The van der Waals surface area contributed by atoms with Gasteiger partial charge < -0.3 is 0 Å². The van der Waals surface area contributed by atoms with Gasteiger partial charge in [-0.25, -0.2) is 21.6 Å². The van der Waals surface area contributed by atoms with E-state index in [-0.39, 0.29) is 10.6 Å². The van der Waals surface area contributed by atoms with E-state index in [1.165, 1.54) is 31.3 Å². The van der Waals surface area contributed by atoms with E-state index in [0.717, 1.165) is 5.41 Å². The number of hydrogen-bond acceptors (Lipinski definition) is 4. The van der Waals surface area contributed by atoms with Crippen LogP contribution in [0.3, 0.4) is 0 Å². The molecule has 0 heterocycles. The van der Waals surface area contributed by atoms with Crippen molar-refractivity contribution in [3.8, 4) is 0 Å². The molecule has 0 aliphatic carbocycles. The molecule has 6 nitrogen and oxygen atoms in total. The number of anilines is 1. The van der Waals surface area contributed by atoms with E-state index < -0.39 is 20.0 Å². The van der Waals surface area contributed by atoms with Crippen LogP contribution >= 0.6 is 11.6 Å². The number of nitrogens with one attached hydrogen (secondary N) is 2. The number of rotatable bonds is 6. The van der Waals surface area contributed by atoms with Crippen LogP contribution < -0.4 is 9.44 Å². The molecule has 0 aliphatic rings. The van der Waals surface area contributed by atoms with Gasteiger partial charge in [0.15, 0.2) is 0 Å². The highest BCUT2D eigenvalue weighted by molar-refractivity contribution is 7.95. The van der Waals surface area contributed by atoms with Crippen molar-refractivity contribution in [2.24, 2.45) is 0 Å². The van der Waals surface area contributed by atoms with E-state index in [0.29, 0.717) is 16.1 Å². The normalized spacial score (nSPS) is 12.4. The van der Waals surface area contributed by atoms with Crippen LogP contribution in [-0.2, 0) is 20.0 Å². The molecule has 0 fully saturated rings. The zero-order valence-electron chi connectivity index (χ0n) is 13.5. The fraction of sp³-hybridized carbons (Fsp3) is 0.125. The molecule has 0 saturated carbocycles. The zero-order chi connectivity index (χ0) is 18.7. The summed E-state index contributed by atoms with van der Waals surface area (Å²) in [5.41, 5.74) is 1.33. The fourth-order valence-corrected chi connectivity index (χ4v) is 3.98. The summed E-state index contributed by atoms with van der Waals surface area (Å²) in [5.74, 6) is 0. The third-order valence-electron chi connectivity index (χ3n) is 3.32. The standard InChI is InChI=1S/C16H17ClN2O4S2/c1-12-3-8-15(11-16(12)25(22,23)18-2)19-24(20,21)10-9-13-4-6-14(17)7-5-13/h3-11,18-19H,1-2H3/b10-9+. The van der Waals surface area contributed by atoms with Gasteiger partial charge in [0.25, 0.3) is 10.0 Å². The smallest absolute Gasteiger partial charge is 0.255 e. The van der Waals surface area contributed by atoms with Crippen molar-refractivity contribution in [2.45, 2.75) is 11.8 Å². The maximum Gasteiger partial charge on any atom is 0.255 e. The van der Waals surface area contributed by atoms with E-state index in [4.69, 9.17) is 11.6 Å². The van der Waals surface area contributed by atoms with Crippen LogP contribution in [-0.4, -0.2) is 23.9 Å². The van der Waals surface area contributed by atoms with Gasteiger partial charge in [0, 0.05) is 5.02 Å². The molecule has 2 N–H and O–H groups in total. The number of aryl methyl sites for hydroxylation is 1. The molecule has 2 rings (SSSR count). The second-order valence-corrected chi connectivity index (χ2v) is 9.05. The molecular formula is C16H17ClN2O4S2. The summed E-state index contributed by atoms with van der Waals surface area (Å²) in [7, 11) is -6.19. The number of benzene rings is 2. The van der Waals surface area contributed by atoms with Crippen molar-refractivity contribution in [1.29, 1.82) is 0 Å². The highest BCUT2D eigenvalue weighted by atomic mass is 35.5. The molecule has 2 aromatic rings. The van der Waals surface area contributed by atoms with Crippen LogP contribution in [0.25, 0.3) is 6.08 Å². The highest BCUT2D eigenvalue weighted by Gasteiger charge is 2.16. The molecule has 0 saturated heterocycles. The maximum absolute atomic E-state index is 12.2. The number of sulfonamides is 2. The number of halogens is 1. The minimum Gasteiger partial charge on any atom is -0.280 e. The van der Waals surface area contributed by atoms with Crippen LogP contribution in [0, 0.1) is 6.92 Å². The predicted molar refractivity (Wildman–Crippen MR) is 100 cm³/mol. The van der Waals surface area contributed by atoms with Crippen LogP contribution in [0.15, 0.2) is 52.8 Å². The molecule has 0 amide bonds. The number of hydrogen-bond donors (Lipinski definition) is 2. The van der Waals surface area contributed by atoms with Crippen LogP contribution in [0.5, 0.6) is 0 Å². The lowest BCUT2D eigenvalue weighted by Gasteiger charge is -2.10. The molecule has 0 radical (unpaired) electrons. The summed E-state index contributed by atoms with van der Waals surface area (Å²) in [6.07, 6.45) is 1.41. The van der Waals surface area contributed by atoms with Gasteiger partial charge in [0.1, 0.15) is 0 Å². The highest BCUT2D eigenvalue weighted by Crippen LogP contribution is 2.21. The third kappa shape index (κ3) is 5.30. The molecular weight excluding hydrogens is 384 g/mol. The summed E-state index contributed by atoms with van der Waals surface area (Å²) in [4.78, 5) is 0.0110. The molecule has 0 aliphatic heterocycles. The summed E-state index contributed by atoms with van der Waals surface area (Å²) in [6, 6.07) is 11.0. The summed E-state index contributed by atoms with van der Waals surface area (Å²) < 4.78 is 52.8. The Hall–Kier alpha value is -1.87. The zero-order valence-corrected chi connectivity index (χ0v) is 15.9. The maximum atomic E-state index is 12.2. The Morgan fingerprint density at radius 3 is 2.24 bits per heavy atom. The minimum atomic E-state index is -3.80. The monoisotopic (exact) mass is 400 g/mol. The first-order chi connectivity index (χ1) is 11.6. The molecule has 9 heteroatoms. The largest absolute Gasteiger partial charge is 0.280 e. The van der Waals surface area contributed by atoms with Gasteiger partial charge in [-0.2, -0.15) is 0 Å². The van der Waals surface area contributed by atoms with Gasteiger partial charge in [0.05, 0.1) is 16.0 Å². The first-order valence-electron chi connectivity index (χ1n) is 7.14. The van der Waals surface area contributed by atoms with Gasteiger partial charge in [-0.15, -0.1) is 0 Å². The molecule has 134 valence electrons. The van der Waals surface area contributed by atoms with Gasteiger partial charge >= 0.3 is 0 Å². The topological polar surface area (TPSA) is 92.3 Å². The third-order valence-corrected chi connectivity index (χ3v) is 6.14. The SMILES string of the molecule is CNS(=O)(=O)c1cc(NS(=O)(=O)/C=C/c2ccc(Cl)cc2)ccc1C. The second kappa shape index (κ2) is 7.57. The van der Waals surface area contributed by atoms with Crippen molar-refractivity contribution < 1.29 is 16.8 Å². The Balaban J connectivity index is 2.26. The van der Waals surface area contributed by atoms with E-state index in [2.05, 4.69) is 9.44 Å². The Kier molecular flexibility index (Phi) is 5.89. The van der Waals surface area contributed by atoms with Crippen molar-refractivity contribution in [2.75, 3.05) is 11.8 Å². The summed E-state index contributed by atoms with van der Waals surface area (Å²) >= 11 is 5.78. The fourth-order valence-electron chi connectivity index (χ4n) is 2.00. The van der Waals surface area contributed by atoms with Crippen molar-refractivity contribution in [3.05, 3.63) is 64.0 Å². The van der Waals surface area contributed by atoms with Crippen LogP contribution in [0.4, 0.5) is 5.69 Å². The quantitative estimate of drug-likeness (QED) is 0.779. The van der Waals surface area contributed by atoms with Gasteiger partial charge in [0.2, 0.25) is 10.0 Å². The molecule has 0 spiro atoms. The molecule has 0 aromatic heterocycles. The summed E-state index contributed by atoms with van der Waals surface area (Å²) in [5, 5.41) is 1.55. The average molecular weight is 401 g/mol. The van der Waals surface area contributed by atoms with Crippen molar-refractivity contribution in [3.63, 3.8) is 0 Å². The van der Waals surface area contributed by atoms with E-state index in [9.17, 15) is 16.8 Å². The lowest BCUT2D eigenvalue weighted by Crippen LogP contribution is -2.20. The van der Waals surface area contributed by atoms with Crippen molar-refractivity contribution in [1.82, 2.24) is 4.72 Å². The van der Waals surface area contributed by atoms with Crippen LogP contribution in [0.1, 0.15) is 11.1 Å². The van der Waals surface area contributed by atoms with Crippen molar-refractivity contribution >= 4 is 43.4 Å². The Bertz CT molecular complexity index is 999. The van der Waals surface area contributed by atoms with E-state index in [1.54, 1.807) is 31.2 Å². The van der Waals surface area contributed by atoms with E-state index in [1.807, 2.05) is 0 Å². The Labute approximate surface area is 152 Å².